The Morgan fingerprint density at radius 2 is 2.10 bits per heavy atom. The van der Waals surface area contributed by atoms with Gasteiger partial charge in [-0.2, -0.15) is 0 Å². The highest BCUT2D eigenvalue weighted by Gasteiger charge is 2.21. The average molecular weight is 297 g/mol. The van der Waals surface area contributed by atoms with E-state index in [1.165, 1.54) is 38.2 Å². The number of anilines is 1. The van der Waals surface area contributed by atoms with Gasteiger partial charge >= 0.3 is 5.97 Å². The number of rotatable bonds is 6. The molecule has 0 unspecified atom stereocenters. The Labute approximate surface area is 122 Å². The minimum Gasteiger partial charge on any atom is -0.464 e. The molecule has 0 amide bonds. The number of nitrogens with zero attached hydrogens (tertiary/aromatic N) is 2. The largest absolute Gasteiger partial charge is 0.464 e. The number of aromatic nitrogens is 1. The fourth-order valence-corrected chi connectivity index (χ4v) is 3.07. The molecule has 110 valence electrons. The summed E-state index contributed by atoms with van der Waals surface area (Å²) in [5.74, 6) is -0.741. The minimum atomic E-state index is -0.570. The molecule has 0 radical (unpaired) electrons. The third kappa shape index (κ3) is 3.55. The third-order valence-electron chi connectivity index (χ3n) is 3.23. The van der Waals surface area contributed by atoms with Crippen molar-refractivity contribution in [2.24, 2.45) is 0 Å². The zero-order valence-corrected chi connectivity index (χ0v) is 12.6. The number of thiazole rings is 1. The van der Waals surface area contributed by atoms with Crippen LogP contribution in [0.5, 0.6) is 0 Å². The summed E-state index contributed by atoms with van der Waals surface area (Å²) < 4.78 is 4.64. The van der Waals surface area contributed by atoms with Crippen molar-refractivity contribution in [2.75, 3.05) is 38.6 Å². The summed E-state index contributed by atoms with van der Waals surface area (Å²) in [6, 6.07) is 0. The predicted molar refractivity (Wildman–Crippen MR) is 77.6 cm³/mol. The fraction of sp³-hybridized carbons (Fsp3) is 0.615. The van der Waals surface area contributed by atoms with Crippen LogP contribution in [0.3, 0.4) is 0 Å². The highest BCUT2D eigenvalue weighted by molar-refractivity contribution is 7.17. The van der Waals surface area contributed by atoms with Gasteiger partial charge in [-0.25, -0.2) is 9.78 Å². The summed E-state index contributed by atoms with van der Waals surface area (Å²) >= 11 is 1.20. The number of methoxy groups -OCH3 is 1. The molecule has 1 N–H and O–H groups in total. The van der Waals surface area contributed by atoms with Crippen molar-refractivity contribution in [1.82, 2.24) is 9.88 Å². The number of carbonyl (C=O) groups excluding carboxylic acids is 2. The van der Waals surface area contributed by atoms with Gasteiger partial charge in [0.25, 0.3) is 0 Å². The first kappa shape index (κ1) is 14.9. The molecule has 0 aromatic carbocycles. The number of carbonyl (C=O) groups is 2. The van der Waals surface area contributed by atoms with Gasteiger partial charge in [0, 0.05) is 20.0 Å². The SMILES string of the molecule is COC(=O)c1nc(NCCN2CCCC2)sc1C(C)=O. The highest BCUT2D eigenvalue weighted by atomic mass is 32.1. The van der Waals surface area contributed by atoms with Crippen LogP contribution in [0.2, 0.25) is 0 Å². The van der Waals surface area contributed by atoms with Gasteiger partial charge in [0.15, 0.2) is 16.6 Å². The second-order valence-corrected chi connectivity index (χ2v) is 5.72. The summed E-state index contributed by atoms with van der Waals surface area (Å²) in [4.78, 5) is 30.0. The molecule has 0 atom stereocenters. The number of nitrogens with one attached hydrogen (secondary N) is 1. The molecule has 1 aliphatic rings. The summed E-state index contributed by atoms with van der Waals surface area (Å²) in [5, 5.41) is 3.76. The van der Waals surface area contributed by atoms with Gasteiger partial charge in [0.05, 0.1) is 7.11 Å². The number of likely N-dealkylation sites (tertiary alicyclic amines) is 1. The number of hydrogen-bond donors (Lipinski definition) is 1. The topological polar surface area (TPSA) is 71.5 Å². The van der Waals surface area contributed by atoms with Crippen molar-refractivity contribution in [3.05, 3.63) is 10.6 Å². The second-order valence-electron chi connectivity index (χ2n) is 4.72. The molecule has 1 aromatic rings. The van der Waals surface area contributed by atoms with E-state index in [-0.39, 0.29) is 11.5 Å². The van der Waals surface area contributed by atoms with E-state index in [1.807, 2.05) is 0 Å². The van der Waals surface area contributed by atoms with Crippen LogP contribution in [0.15, 0.2) is 0 Å². The number of esters is 1. The first-order chi connectivity index (χ1) is 9.61. The van der Waals surface area contributed by atoms with Crippen molar-refractivity contribution in [3.63, 3.8) is 0 Å². The van der Waals surface area contributed by atoms with Gasteiger partial charge in [0.2, 0.25) is 0 Å². The van der Waals surface area contributed by atoms with Crippen LogP contribution in [0, 0.1) is 0 Å². The van der Waals surface area contributed by atoms with Crippen molar-refractivity contribution in [2.45, 2.75) is 19.8 Å². The van der Waals surface area contributed by atoms with Gasteiger partial charge in [-0.05, 0) is 25.9 Å². The van der Waals surface area contributed by atoms with Crippen LogP contribution < -0.4 is 5.32 Å². The van der Waals surface area contributed by atoms with E-state index >= 15 is 0 Å². The van der Waals surface area contributed by atoms with Crippen LogP contribution in [-0.4, -0.2) is 54.9 Å². The molecule has 0 saturated carbocycles. The van der Waals surface area contributed by atoms with E-state index in [2.05, 4.69) is 19.9 Å². The minimum absolute atomic E-state index is 0.105. The molecule has 1 fully saturated rings. The third-order valence-corrected chi connectivity index (χ3v) is 4.34. The Bertz CT molecular complexity index is 495. The molecule has 2 rings (SSSR count). The molecule has 1 aliphatic heterocycles. The van der Waals surface area contributed by atoms with Crippen LogP contribution in [-0.2, 0) is 4.74 Å². The van der Waals surface area contributed by atoms with E-state index in [4.69, 9.17) is 0 Å². The average Bonchev–Trinajstić information content (AvgIpc) is 3.07. The summed E-state index contributed by atoms with van der Waals surface area (Å²) in [5.41, 5.74) is 0.105. The summed E-state index contributed by atoms with van der Waals surface area (Å²) in [7, 11) is 1.28. The molecule has 1 aromatic heterocycles. The van der Waals surface area contributed by atoms with Crippen LogP contribution in [0.4, 0.5) is 5.13 Å². The van der Waals surface area contributed by atoms with Crippen LogP contribution in [0.25, 0.3) is 0 Å². The van der Waals surface area contributed by atoms with E-state index in [1.54, 1.807) is 0 Å². The lowest BCUT2D eigenvalue weighted by atomic mass is 10.3. The van der Waals surface area contributed by atoms with Crippen LogP contribution >= 0.6 is 11.3 Å². The summed E-state index contributed by atoms with van der Waals surface area (Å²) in [6.07, 6.45) is 2.52. The lowest BCUT2D eigenvalue weighted by Crippen LogP contribution is -2.25. The fourth-order valence-electron chi connectivity index (χ4n) is 2.20. The monoisotopic (exact) mass is 297 g/mol. The van der Waals surface area contributed by atoms with Crippen molar-refractivity contribution >= 4 is 28.2 Å². The molecule has 0 bridgehead atoms. The zero-order valence-electron chi connectivity index (χ0n) is 11.8. The predicted octanol–water partition coefficient (Wildman–Crippen LogP) is 1.64. The maximum absolute atomic E-state index is 11.6. The van der Waals surface area contributed by atoms with E-state index < -0.39 is 5.97 Å². The molecule has 7 heteroatoms. The van der Waals surface area contributed by atoms with E-state index in [0.717, 1.165) is 26.2 Å². The Morgan fingerprint density at radius 3 is 2.70 bits per heavy atom. The van der Waals surface area contributed by atoms with Crippen molar-refractivity contribution < 1.29 is 14.3 Å². The Morgan fingerprint density at radius 1 is 1.40 bits per heavy atom. The lowest BCUT2D eigenvalue weighted by Gasteiger charge is -2.14. The standard InChI is InChI=1S/C13H19N3O3S/c1-9(17)11-10(12(18)19-2)15-13(20-11)14-5-8-16-6-3-4-7-16/h3-8H2,1-2H3,(H,14,15). The van der Waals surface area contributed by atoms with Crippen molar-refractivity contribution in [3.8, 4) is 0 Å². The van der Waals surface area contributed by atoms with Gasteiger partial charge < -0.3 is 15.0 Å². The Balaban J connectivity index is 1.97. The molecule has 20 heavy (non-hydrogen) atoms. The summed E-state index contributed by atoms with van der Waals surface area (Å²) in [6.45, 7) is 5.42. The maximum Gasteiger partial charge on any atom is 0.358 e. The number of hydrogen-bond acceptors (Lipinski definition) is 7. The van der Waals surface area contributed by atoms with Gasteiger partial charge in [-0.3, -0.25) is 4.79 Å². The number of Topliss-reactive ketones (excluding diaryl/α,β-unsaturated/α-hetero) is 1. The maximum atomic E-state index is 11.6. The number of ether oxygens (including phenoxy) is 1. The zero-order chi connectivity index (χ0) is 14.5. The van der Waals surface area contributed by atoms with Crippen molar-refractivity contribution in [1.29, 1.82) is 0 Å². The normalized spacial score (nSPS) is 15.3. The Kier molecular flexibility index (Phi) is 5.08. The quantitative estimate of drug-likeness (QED) is 0.636. The highest BCUT2D eigenvalue weighted by Crippen LogP contribution is 2.24. The van der Waals surface area contributed by atoms with Crippen LogP contribution in [0.1, 0.15) is 39.9 Å². The van der Waals surface area contributed by atoms with Gasteiger partial charge in [0.1, 0.15) is 4.88 Å². The van der Waals surface area contributed by atoms with Gasteiger partial charge in [-0.1, -0.05) is 11.3 Å². The molecule has 0 aliphatic carbocycles. The molecule has 6 nitrogen and oxygen atoms in total. The second kappa shape index (κ2) is 6.81. The molecule has 0 spiro atoms. The van der Waals surface area contributed by atoms with E-state index in [9.17, 15) is 9.59 Å². The van der Waals surface area contributed by atoms with Gasteiger partial charge in [-0.15, -0.1) is 0 Å². The molecular formula is C13H19N3O3S. The molecule has 1 saturated heterocycles. The Hall–Kier alpha value is -1.47. The lowest BCUT2D eigenvalue weighted by molar-refractivity contribution is 0.0591. The first-order valence-electron chi connectivity index (χ1n) is 6.68. The first-order valence-corrected chi connectivity index (χ1v) is 7.49. The molecule has 2 heterocycles. The van der Waals surface area contributed by atoms with E-state index in [0.29, 0.717) is 10.0 Å². The smallest absolute Gasteiger partial charge is 0.358 e. The molecular weight excluding hydrogens is 278 g/mol. The number of ketones is 1.